The molecule has 32 heavy (non-hydrogen) atoms. The number of benzene rings is 2. The second-order valence-corrected chi connectivity index (χ2v) is 7.75. The number of rotatable bonds is 12. The van der Waals surface area contributed by atoms with Crippen LogP contribution in [0.4, 0.5) is 0 Å². The Labute approximate surface area is 189 Å². The van der Waals surface area contributed by atoms with Gasteiger partial charge in [-0.1, -0.05) is 62.7 Å². The first-order valence-electron chi connectivity index (χ1n) is 11.2. The maximum Gasteiger partial charge on any atom is 0.304 e. The second kappa shape index (κ2) is 12.0. The molecule has 0 amide bonds. The van der Waals surface area contributed by atoms with Crippen molar-refractivity contribution in [2.24, 2.45) is 0 Å². The molecule has 0 radical (unpaired) electrons. The van der Waals surface area contributed by atoms with Gasteiger partial charge < -0.3 is 14.8 Å². The van der Waals surface area contributed by atoms with Gasteiger partial charge in [-0.2, -0.15) is 0 Å². The Kier molecular flexibility index (Phi) is 8.75. The molecule has 168 valence electrons. The molecule has 0 unspecified atom stereocenters. The number of aliphatic carboxylic acids is 1. The highest BCUT2D eigenvalue weighted by atomic mass is 16.4. The number of aromatic nitrogens is 2. The van der Waals surface area contributed by atoms with E-state index in [1.165, 1.54) is 11.1 Å². The minimum Gasteiger partial charge on any atom is -0.481 e. The lowest BCUT2D eigenvalue weighted by molar-refractivity contribution is -0.136. The van der Waals surface area contributed by atoms with Gasteiger partial charge in [0.1, 0.15) is 0 Å². The fourth-order valence-electron chi connectivity index (χ4n) is 3.56. The zero-order valence-electron chi connectivity index (χ0n) is 18.8. The quantitative estimate of drug-likeness (QED) is 0.362. The monoisotopic (exact) mass is 433 g/mol. The van der Waals surface area contributed by atoms with E-state index in [1.54, 1.807) is 0 Å². The molecule has 2 N–H and O–H groups in total. The minimum absolute atomic E-state index is 0.111. The molecule has 3 aromatic rings. The van der Waals surface area contributed by atoms with Crippen LogP contribution in [0, 0.1) is 0 Å². The maximum absolute atomic E-state index is 10.6. The number of nitrogens with zero attached hydrogens (tertiary/aromatic N) is 2. The van der Waals surface area contributed by atoms with Crippen molar-refractivity contribution in [3.63, 3.8) is 0 Å². The summed E-state index contributed by atoms with van der Waals surface area (Å²) < 4.78 is 6.03. The third-order valence-corrected chi connectivity index (χ3v) is 5.31. The van der Waals surface area contributed by atoms with Crippen molar-refractivity contribution in [2.75, 3.05) is 6.54 Å². The van der Waals surface area contributed by atoms with Crippen LogP contribution in [0.2, 0.25) is 0 Å². The summed E-state index contributed by atoms with van der Waals surface area (Å²) in [4.78, 5) is 10.6. The zero-order chi connectivity index (χ0) is 22.8. The van der Waals surface area contributed by atoms with E-state index in [1.807, 2.05) is 36.4 Å². The third kappa shape index (κ3) is 6.62. The Hall–Kier alpha value is -3.25. The highest BCUT2D eigenvalue weighted by molar-refractivity contribution is 5.79. The van der Waals surface area contributed by atoms with E-state index < -0.39 is 5.97 Å². The van der Waals surface area contributed by atoms with Crippen molar-refractivity contribution in [2.45, 2.75) is 52.5 Å². The Balaban J connectivity index is 1.78. The Bertz CT molecular complexity index is 1040. The molecule has 0 saturated heterocycles. The first-order valence-corrected chi connectivity index (χ1v) is 11.2. The molecule has 0 atom stereocenters. The van der Waals surface area contributed by atoms with Gasteiger partial charge in [-0.3, -0.25) is 4.79 Å². The highest BCUT2D eigenvalue weighted by Crippen LogP contribution is 2.27. The Morgan fingerprint density at radius 2 is 1.91 bits per heavy atom. The molecule has 0 aliphatic heterocycles. The maximum atomic E-state index is 10.6. The summed E-state index contributed by atoms with van der Waals surface area (Å²) in [5.41, 5.74) is 5.53. The summed E-state index contributed by atoms with van der Waals surface area (Å²) >= 11 is 0. The van der Waals surface area contributed by atoms with Gasteiger partial charge >= 0.3 is 5.97 Å². The lowest BCUT2D eigenvalue weighted by Gasteiger charge is -2.09. The summed E-state index contributed by atoms with van der Waals surface area (Å²) in [6.07, 6.45) is 6.12. The molecular formula is C26H31N3O3. The number of carbonyl (C=O) groups is 1. The van der Waals surface area contributed by atoms with Crippen molar-refractivity contribution >= 4 is 17.6 Å². The summed E-state index contributed by atoms with van der Waals surface area (Å²) in [7, 11) is 0. The van der Waals surface area contributed by atoms with Gasteiger partial charge in [0.2, 0.25) is 11.8 Å². The van der Waals surface area contributed by atoms with Gasteiger partial charge in [0.25, 0.3) is 0 Å². The molecule has 0 aliphatic rings. The molecule has 6 heteroatoms. The average Bonchev–Trinajstić information content (AvgIpc) is 3.28. The standard InChI is InChI=1S/C26H31N3O3/c1-3-5-9-22(21-10-7-6-8-11-21)17-24-28-29-26(32-24)23-13-12-19(16-20(23)4-2)18-27-15-14-25(30)31/h6-8,10-13,16-17,27H,3-5,9,14-15,18H2,1-2H3,(H,30,31)/b22-17-. The van der Waals surface area contributed by atoms with Crippen LogP contribution < -0.4 is 5.32 Å². The van der Waals surface area contributed by atoms with Crippen molar-refractivity contribution in [3.05, 3.63) is 71.1 Å². The molecule has 0 saturated carbocycles. The summed E-state index contributed by atoms with van der Waals surface area (Å²) in [6.45, 7) is 5.34. The molecule has 6 nitrogen and oxygen atoms in total. The Morgan fingerprint density at radius 1 is 1.09 bits per heavy atom. The van der Waals surface area contributed by atoms with E-state index in [0.717, 1.165) is 42.4 Å². The molecule has 0 spiro atoms. The highest BCUT2D eigenvalue weighted by Gasteiger charge is 2.13. The zero-order valence-corrected chi connectivity index (χ0v) is 18.8. The first kappa shape index (κ1) is 23.4. The van der Waals surface area contributed by atoms with Gasteiger partial charge in [-0.25, -0.2) is 0 Å². The van der Waals surface area contributed by atoms with Crippen LogP contribution in [0.3, 0.4) is 0 Å². The van der Waals surface area contributed by atoms with Crippen molar-refractivity contribution in [1.29, 1.82) is 0 Å². The van der Waals surface area contributed by atoms with Crippen molar-refractivity contribution in [3.8, 4) is 11.5 Å². The van der Waals surface area contributed by atoms with E-state index in [2.05, 4.69) is 47.6 Å². The van der Waals surface area contributed by atoms with E-state index >= 15 is 0 Å². The van der Waals surface area contributed by atoms with E-state index in [0.29, 0.717) is 24.9 Å². The van der Waals surface area contributed by atoms with Gasteiger partial charge in [-0.05, 0) is 47.6 Å². The van der Waals surface area contributed by atoms with E-state index in [-0.39, 0.29) is 6.42 Å². The average molecular weight is 434 g/mol. The molecule has 1 heterocycles. The number of aryl methyl sites for hydroxylation is 1. The summed E-state index contributed by atoms with van der Waals surface area (Å²) in [5, 5.41) is 20.5. The second-order valence-electron chi connectivity index (χ2n) is 7.75. The van der Waals surface area contributed by atoms with Gasteiger partial charge in [0.05, 0.1) is 6.42 Å². The number of carboxylic acid groups (broad SMARTS) is 1. The number of hydrogen-bond donors (Lipinski definition) is 2. The smallest absolute Gasteiger partial charge is 0.304 e. The lowest BCUT2D eigenvalue weighted by Crippen LogP contribution is -2.17. The number of unbranched alkanes of at least 4 members (excludes halogenated alkanes) is 1. The minimum atomic E-state index is -0.798. The fraction of sp³-hybridized carbons (Fsp3) is 0.346. The molecule has 0 aliphatic carbocycles. The summed E-state index contributed by atoms with van der Waals surface area (Å²) in [5.74, 6) is 0.228. The number of allylic oxidation sites excluding steroid dienone is 1. The van der Waals surface area contributed by atoms with Crippen LogP contribution in [-0.2, 0) is 17.8 Å². The Morgan fingerprint density at radius 3 is 2.62 bits per heavy atom. The van der Waals surface area contributed by atoms with E-state index in [9.17, 15) is 4.79 Å². The van der Waals surface area contributed by atoms with Crippen molar-refractivity contribution < 1.29 is 14.3 Å². The van der Waals surface area contributed by atoms with Crippen LogP contribution in [0.5, 0.6) is 0 Å². The third-order valence-electron chi connectivity index (χ3n) is 5.31. The fourth-order valence-corrected chi connectivity index (χ4v) is 3.56. The van der Waals surface area contributed by atoms with Crippen LogP contribution >= 0.6 is 0 Å². The molecule has 0 fully saturated rings. The van der Waals surface area contributed by atoms with Crippen LogP contribution in [0.15, 0.2) is 52.9 Å². The summed E-state index contributed by atoms with van der Waals surface area (Å²) in [6, 6.07) is 16.4. The molecule has 0 bridgehead atoms. The van der Waals surface area contributed by atoms with Gasteiger partial charge in [0, 0.05) is 24.7 Å². The molecule has 1 aromatic heterocycles. The molecule has 3 rings (SSSR count). The predicted molar refractivity (Wildman–Crippen MR) is 127 cm³/mol. The molecular weight excluding hydrogens is 402 g/mol. The lowest BCUT2D eigenvalue weighted by atomic mass is 10.00. The normalized spacial score (nSPS) is 11.6. The number of carboxylic acids is 1. The number of hydrogen-bond acceptors (Lipinski definition) is 5. The van der Waals surface area contributed by atoms with E-state index in [4.69, 9.17) is 9.52 Å². The number of nitrogens with one attached hydrogen (secondary N) is 1. The largest absolute Gasteiger partial charge is 0.481 e. The van der Waals surface area contributed by atoms with Crippen LogP contribution in [0.25, 0.3) is 23.1 Å². The molecule has 2 aromatic carbocycles. The van der Waals surface area contributed by atoms with Gasteiger partial charge in [0.15, 0.2) is 0 Å². The van der Waals surface area contributed by atoms with Gasteiger partial charge in [-0.15, -0.1) is 10.2 Å². The first-order chi connectivity index (χ1) is 15.6. The SMILES string of the molecule is CCCC/C(=C/c1nnc(-c2ccc(CNCCC(=O)O)cc2CC)o1)c1ccccc1. The predicted octanol–water partition coefficient (Wildman–Crippen LogP) is 5.59. The van der Waals surface area contributed by atoms with Crippen molar-refractivity contribution in [1.82, 2.24) is 15.5 Å². The topological polar surface area (TPSA) is 88.2 Å². The van der Waals surface area contributed by atoms with Crippen LogP contribution in [-0.4, -0.2) is 27.8 Å². The van der Waals surface area contributed by atoms with Crippen LogP contribution in [0.1, 0.15) is 62.1 Å².